The summed E-state index contributed by atoms with van der Waals surface area (Å²) >= 11 is 1.51. The average molecular weight is 402 g/mol. The smallest absolute Gasteiger partial charge is 0.205 e. The molecule has 1 aromatic heterocycles. The van der Waals surface area contributed by atoms with E-state index in [1.165, 1.54) is 22.8 Å². The highest BCUT2D eigenvalue weighted by molar-refractivity contribution is 7.09. The Morgan fingerprint density at radius 1 is 1.14 bits per heavy atom. The van der Waals surface area contributed by atoms with Crippen molar-refractivity contribution in [1.82, 2.24) is 19.6 Å². The van der Waals surface area contributed by atoms with E-state index in [1.54, 1.807) is 0 Å². The zero-order chi connectivity index (χ0) is 19.9. The maximum Gasteiger partial charge on any atom is 0.205 e. The van der Waals surface area contributed by atoms with E-state index in [2.05, 4.69) is 81.6 Å². The number of hydrogen-bond acceptors (Lipinski definition) is 6. The molecule has 0 atom stereocenters. The second kappa shape index (κ2) is 9.73. The van der Waals surface area contributed by atoms with Crippen LogP contribution in [0.2, 0.25) is 0 Å². The topological polar surface area (TPSA) is 59.9 Å². The third-order valence-corrected chi connectivity index (χ3v) is 5.64. The van der Waals surface area contributed by atoms with Crippen LogP contribution in [-0.2, 0) is 13.0 Å². The zero-order valence-corrected chi connectivity index (χ0v) is 18.2. The fourth-order valence-corrected chi connectivity index (χ4v) is 3.92. The lowest BCUT2D eigenvalue weighted by molar-refractivity contribution is 0.372. The van der Waals surface area contributed by atoms with Crippen molar-refractivity contribution in [2.24, 2.45) is 4.99 Å². The van der Waals surface area contributed by atoms with Crippen molar-refractivity contribution in [2.45, 2.75) is 26.8 Å². The van der Waals surface area contributed by atoms with Crippen LogP contribution in [0, 0.1) is 0 Å². The number of rotatable bonds is 6. The van der Waals surface area contributed by atoms with Gasteiger partial charge in [0.05, 0.1) is 6.54 Å². The first kappa shape index (κ1) is 20.4. The lowest BCUT2D eigenvalue weighted by Gasteiger charge is -2.36. The summed E-state index contributed by atoms with van der Waals surface area (Å²) in [5, 5.41) is 4.48. The number of aliphatic imine (C=N–C) groups is 1. The zero-order valence-electron chi connectivity index (χ0n) is 17.4. The number of benzene rings is 1. The Balaban J connectivity index is 1.60. The van der Waals surface area contributed by atoms with Gasteiger partial charge in [0.25, 0.3) is 0 Å². The second-order valence-corrected chi connectivity index (χ2v) is 7.78. The molecule has 0 unspecified atom stereocenters. The molecule has 152 valence electrons. The number of aromatic nitrogens is 2. The average Bonchev–Trinajstić information content (AvgIpc) is 3.21. The molecule has 1 aromatic carbocycles. The van der Waals surface area contributed by atoms with Crippen molar-refractivity contribution in [2.75, 3.05) is 56.6 Å². The van der Waals surface area contributed by atoms with Gasteiger partial charge in [-0.2, -0.15) is 4.37 Å². The summed E-state index contributed by atoms with van der Waals surface area (Å²) in [6.45, 7) is 9.53. The lowest BCUT2D eigenvalue weighted by atomic mass is 10.2. The van der Waals surface area contributed by atoms with Crippen LogP contribution in [0.25, 0.3) is 0 Å². The van der Waals surface area contributed by atoms with E-state index in [1.807, 2.05) is 0 Å². The minimum absolute atomic E-state index is 0.687. The second-order valence-electron chi connectivity index (χ2n) is 7.05. The number of anilines is 2. The highest BCUT2D eigenvalue weighted by atomic mass is 32.1. The van der Waals surface area contributed by atoms with Crippen LogP contribution in [-0.4, -0.2) is 67.0 Å². The molecule has 2 aromatic rings. The van der Waals surface area contributed by atoms with E-state index in [0.717, 1.165) is 56.1 Å². The summed E-state index contributed by atoms with van der Waals surface area (Å²) in [4.78, 5) is 16.3. The number of guanidine groups is 1. The number of aryl methyl sites for hydroxylation is 1. The van der Waals surface area contributed by atoms with Gasteiger partial charge in [-0.1, -0.05) is 19.1 Å². The van der Waals surface area contributed by atoms with E-state index >= 15 is 0 Å². The Labute approximate surface area is 172 Å². The number of nitrogens with zero attached hydrogens (tertiary/aromatic N) is 6. The van der Waals surface area contributed by atoms with Crippen molar-refractivity contribution in [3.05, 3.63) is 35.7 Å². The van der Waals surface area contributed by atoms with E-state index < -0.39 is 0 Å². The minimum Gasteiger partial charge on any atom is -0.378 e. The van der Waals surface area contributed by atoms with Crippen LogP contribution in [0.3, 0.4) is 0 Å². The van der Waals surface area contributed by atoms with E-state index in [0.29, 0.717) is 6.54 Å². The maximum absolute atomic E-state index is 4.87. The van der Waals surface area contributed by atoms with Crippen LogP contribution < -0.4 is 15.1 Å². The molecule has 0 spiro atoms. The Morgan fingerprint density at radius 2 is 1.86 bits per heavy atom. The molecule has 0 saturated carbocycles. The lowest BCUT2D eigenvalue weighted by Crippen LogP contribution is -2.52. The summed E-state index contributed by atoms with van der Waals surface area (Å²) in [6, 6.07) is 8.59. The highest BCUT2D eigenvalue weighted by Gasteiger charge is 2.22. The van der Waals surface area contributed by atoms with Gasteiger partial charge in [-0.05, 0) is 24.6 Å². The van der Waals surface area contributed by atoms with Crippen molar-refractivity contribution in [3.8, 4) is 0 Å². The Bertz CT molecular complexity index is 761. The molecule has 0 aliphatic carbocycles. The summed E-state index contributed by atoms with van der Waals surface area (Å²) in [5.74, 6) is 1.93. The standard InChI is InChI=1S/C20H31N7S/c1-5-18-23-20(28-24-18)27-13-11-26(12-14-27)19(21-6-2)22-15-16-7-9-17(10-8-16)25(3)4/h7-10H,5-6,11-15H2,1-4H3,(H,21,22). The fourth-order valence-electron chi connectivity index (χ4n) is 3.12. The molecule has 1 fully saturated rings. The van der Waals surface area contributed by atoms with Crippen LogP contribution in [0.15, 0.2) is 29.3 Å². The first-order valence-corrected chi connectivity index (χ1v) is 10.7. The molecule has 1 aliphatic rings. The fraction of sp³-hybridized carbons (Fsp3) is 0.550. The molecule has 0 bridgehead atoms. The maximum atomic E-state index is 4.87. The van der Waals surface area contributed by atoms with Crippen LogP contribution >= 0.6 is 11.5 Å². The minimum atomic E-state index is 0.687. The van der Waals surface area contributed by atoms with Gasteiger partial charge in [-0.3, -0.25) is 0 Å². The Hall–Kier alpha value is -2.35. The Morgan fingerprint density at radius 3 is 2.43 bits per heavy atom. The van der Waals surface area contributed by atoms with Gasteiger partial charge in [0.15, 0.2) is 5.96 Å². The molecule has 3 rings (SSSR count). The van der Waals surface area contributed by atoms with E-state index in [4.69, 9.17) is 4.99 Å². The van der Waals surface area contributed by atoms with E-state index in [-0.39, 0.29) is 0 Å². The third kappa shape index (κ3) is 5.13. The molecule has 28 heavy (non-hydrogen) atoms. The molecule has 0 amide bonds. The molecular weight excluding hydrogens is 370 g/mol. The number of nitrogens with one attached hydrogen (secondary N) is 1. The van der Waals surface area contributed by atoms with Crippen LogP contribution in [0.4, 0.5) is 10.8 Å². The van der Waals surface area contributed by atoms with Gasteiger partial charge in [-0.15, -0.1) is 0 Å². The van der Waals surface area contributed by atoms with Crippen LogP contribution in [0.5, 0.6) is 0 Å². The number of hydrogen-bond donors (Lipinski definition) is 1. The van der Waals surface area contributed by atoms with Gasteiger partial charge in [0.1, 0.15) is 5.82 Å². The van der Waals surface area contributed by atoms with Gasteiger partial charge in [-0.25, -0.2) is 9.98 Å². The first-order valence-electron chi connectivity index (χ1n) is 9.97. The van der Waals surface area contributed by atoms with Gasteiger partial charge in [0, 0.05) is 70.5 Å². The summed E-state index contributed by atoms with van der Waals surface area (Å²) in [5.41, 5.74) is 2.43. The molecule has 8 heteroatoms. The van der Waals surface area contributed by atoms with Gasteiger partial charge < -0.3 is 20.0 Å². The first-order chi connectivity index (χ1) is 13.6. The van der Waals surface area contributed by atoms with Crippen molar-refractivity contribution in [1.29, 1.82) is 0 Å². The number of piperazine rings is 1. The molecule has 1 aliphatic heterocycles. The summed E-state index contributed by atoms with van der Waals surface area (Å²) in [6.07, 6.45) is 0.892. The predicted molar refractivity (Wildman–Crippen MR) is 119 cm³/mol. The molecule has 0 radical (unpaired) electrons. The summed E-state index contributed by atoms with van der Waals surface area (Å²) in [7, 11) is 4.11. The van der Waals surface area contributed by atoms with Crippen molar-refractivity contribution in [3.63, 3.8) is 0 Å². The molecular formula is C20H31N7S. The Kier molecular flexibility index (Phi) is 7.08. The van der Waals surface area contributed by atoms with E-state index in [9.17, 15) is 0 Å². The van der Waals surface area contributed by atoms with Gasteiger partial charge in [0.2, 0.25) is 5.13 Å². The van der Waals surface area contributed by atoms with Crippen LogP contribution in [0.1, 0.15) is 25.2 Å². The highest BCUT2D eigenvalue weighted by Crippen LogP contribution is 2.19. The normalized spacial score (nSPS) is 15.1. The summed E-state index contributed by atoms with van der Waals surface area (Å²) < 4.78 is 4.41. The third-order valence-electron chi connectivity index (χ3n) is 4.82. The molecule has 7 nitrogen and oxygen atoms in total. The predicted octanol–water partition coefficient (Wildman–Crippen LogP) is 2.45. The van der Waals surface area contributed by atoms with Gasteiger partial charge >= 0.3 is 0 Å². The molecule has 2 heterocycles. The largest absolute Gasteiger partial charge is 0.378 e. The van der Waals surface area contributed by atoms with Crippen molar-refractivity contribution < 1.29 is 0 Å². The van der Waals surface area contributed by atoms with Crippen molar-refractivity contribution >= 4 is 28.3 Å². The molecule has 1 saturated heterocycles. The quantitative estimate of drug-likeness (QED) is 0.593. The monoisotopic (exact) mass is 401 g/mol. The molecule has 1 N–H and O–H groups in total. The SMILES string of the molecule is CCNC(=NCc1ccc(N(C)C)cc1)N1CCN(c2nc(CC)ns2)CC1.